The summed E-state index contributed by atoms with van der Waals surface area (Å²) >= 11 is 0. The first kappa shape index (κ1) is 23.3. The first-order chi connectivity index (χ1) is 15.7. The zero-order chi connectivity index (χ0) is 23.8. The summed E-state index contributed by atoms with van der Waals surface area (Å²) in [7, 11) is -3.37. The Bertz CT molecular complexity index is 1280. The third kappa shape index (κ3) is 4.60. The van der Waals surface area contributed by atoms with E-state index in [9.17, 15) is 13.2 Å². The van der Waals surface area contributed by atoms with Gasteiger partial charge in [0.05, 0.1) is 23.0 Å². The summed E-state index contributed by atoms with van der Waals surface area (Å²) in [6.07, 6.45) is 1.79. The zero-order valence-corrected chi connectivity index (χ0v) is 20.4. The second kappa shape index (κ2) is 9.15. The number of sulfonamides is 1. The average molecular weight is 470 g/mol. The Kier molecular flexibility index (Phi) is 6.45. The highest BCUT2D eigenvalue weighted by molar-refractivity contribution is 7.92. The van der Waals surface area contributed by atoms with Crippen molar-refractivity contribution in [2.24, 2.45) is 0 Å². The van der Waals surface area contributed by atoms with E-state index < -0.39 is 10.0 Å². The van der Waals surface area contributed by atoms with Crippen molar-refractivity contribution < 1.29 is 13.2 Å². The zero-order valence-electron chi connectivity index (χ0n) is 19.6. The molecule has 1 N–H and O–H groups in total. The standard InChI is InChI=1S/C24H31N5O3S/c1-5-27(6-2)13-14-28-22-10-8-7-9-20(22)25-24(28)26-23(30)18-11-12-21-19(16-18)15-17(3)29(21)33(4,31)32/h7-12,16-17H,5-6,13-15H2,1-4H3,(H,25,26,30)/t17-/m1/s1. The quantitative estimate of drug-likeness (QED) is 0.547. The molecule has 176 valence electrons. The summed E-state index contributed by atoms with van der Waals surface area (Å²) in [6, 6.07) is 12.9. The first-order valence-corrected chi connectivity index (χ1v) is 13.2. The smallest absolute Gasteiger partial charge is 0.257 e. The second-order valence-corrected chi connectivity index (χ2v) is 10.4. The van der Waals surface area contributed by atoms with Crippen LogP contribution in [0.15, 0.2) is 42.5 Å². The third-order valence-electron chi connectivity index (χ3n) is 6.27. The number of amides is 1. The molecule has 2 aromatic carbocycles. The SMILES string of the molecule is CCN(CC)CCn1c(NC(=O)c2ccc3c(c2)C[C@@H](C)N3S(C)(=O)=O)nc2ccccc21. The number of hydrogen-bond acceptors (Lipinski definition) is 5. The fourth-order valence-electron chi connectivity index (χ4n) is 4.60. The van der Waals surface area contributed by atoms with Gasteiger partial charge in [0.25, 0.3) is 5.91 Å². The summed E-state index contributed by atoms with van der Waals surface area (Å²) in [5.41, 5.74) is 3.80. The minimum atomic E-state index is -3.37. The molecule has 9 heteroatoms. The van der Waals surface area contributed by atoms with Crippen molar-refractivity contribution in [1.82, 2.24) is 14.5 Å². The lowest BCUT2D eigenvalue weighted by Crippen LogP contribution is -2.34. The van der Waals surface area contributed by atoms with Crippen molar-refractivity contribution in [3.63, 3.8) is 0 Å². The highest BCUT2D eigenvalue weighted by atomic mass is 32.2. The number of carbonyl (C=O) groups excluding carboxylic acids is 1. The molecule has 33 heavy (non-hydrogen) atoms. The van der Waals surface area contributed by atoms with E-state index >= 15 is 0 Å². The van der Waals surface area contributed by atoms with Gasteiger partial charge >= 0.3 is 0 Å². The van der Waals surface area contributed by atoms with Crippen LogP contribution < -0.4 is 9.62 Å². The van der Waals surface area contributed by atoms with Crippen LogP contribution >= 0.6 is 0 Å². The van der Waals surface area contributed by atoms with Gasteiger partial charge in [-0.1, -0.05) is 26.0 Å². The van der Waals surface area contributed by atoms with Crippen LogP contribution in [0.25, 0.3) is 11.0 Å². The Hall–Kier alpha value is -2.91. The monoisotopic (exact) mass is 469 g/mol. The van der Waals surface area contributed by atoms with Crippen molar-refractivity contribution in [3.05, 3.63) is 53.6 Å². The van der Waals surface area contributed by atoms with Crippen LogP contribution in [0.4, 0.5) is 11.6 Å². The Morgan fingerprint density at radius 3 is 2.61 bits per heavy atom. The summed E-state index contributed by atoms with van der Waals surface area (Å²) in [4.78, 5) is 20.1. The number of carbonyl (C=O) groups is 1. The molecule has 0 bridgehead atoms. The number of benzene rings is 2. The fourth-order valence-corrected chi connectivity index (χ4v) is 5.87. The Morgan fingerprint density at radius 2 is 1.91 bits per heavy atom. The van der Waals surface area contributed by atoms with Crippen molar-refractivity contribution in [2.45, 2.75) is 39.8 Å². The van der Waals surface area contributed by atoms with Crippen LogP contribution in [0.2, 0.25) is 0 Å². The second-order valence-electron chi connectivity index (χ2n) is 8.51. The van der Waals surface area contributed by atoms with E-state index in [4.69, 9.17) is 0 Å². The van der Waals surface area contributed by atoms with Gasteiger partial charge in [-0.25, -0.2) is 13.4 Å². The number of aromatic nitrogens is 2. The van der Waals surface area contributed by atoms with E-state index in [2.05, 4.69) is 29.0 Å². The molecule has 0 radical (unpaired) electrons. The summed E-state index contributed by atoms with van der Waals surface area (Å²) in [5, 5.41) is 2.98. The van der Waals surface area contributed by atoms with Crippen LogP contribution in [0.3, 0.4) is 0 Å². The van der Waals surface area contributed by atoms with E-state index in [1.165, 1.54) is 10.6 Å². The normalized spacial score (nSPS) is 15.9. The van der Waals surface area contributed by atoms with Crippen molar-refractivity contribution >= 4 is 38.6 Å². The minimum absolute atomic E-state index is 0.169. The molecular weight excluding hydrogens is 438 g/mol. The van der Waals surface area contributed by atoms with Gasteiger partial charge in [-0.2, -0.15) is 0 Å². The Labute approximate surface area is 195 Å². The van der Waals surface area contributed by atoms with Gasteiger partial charge in [0, 0.05) is 24.7 Å². The number of fused-ring (bicyclic) bond motifs is 2. The minimum Gasteiger partial charge on any atom is -0.309 e. The van der Waals surface area contributed by atoms with Gasteiger partial charge < -0.3 is 9.47 Å². The lowest BCUT2D eigenvalue weighted by Gasteiger charge is -2.22. The van der Waals surface area contributed by atoms with Crippen LogP contribution in [-0.2, 0) is 23.0 Å². The van der Waals surface area contributed by atoms with E-state index in [1.807, 2.05) is 35.8 Å². The van der Waals surface area contributed by atoms with Gasteiger partial charge in [-0.05, 0) is 62.3 Å². The van der Waals surface area contributed by atoms with E-state index in [0.717, 1.165) is 36.2 Å². The van der Waals surface area contributed by atoms with Crippen LogP contribution in [-0.4, -0.2) is 60.7 Å². The molecule has 0 unspecified atom stereocenters. The van der Waals surface area contributed by atoms with Crippen LogP contribution in [0, 0.1) is 0 Å². The summed E-state index contributed by atoms with van der Waals surface area (Å²) in [5.74, 6) is 0.252. The molecule has 2 heterocycles. The lowest BCUT2D eigenvalue weighted by molar-refractivity contribution is 0.102. The molecular formula is C24H31N5O3S. The lowest BCUT2D eigenvalue weighted by atomic mass is 10.1. The third-order valence-corrected chi connectivity index (χ3v) is 7.54. The summed E-state index contributed by atoms with van der Waals surface area (Å²) in [6.45, 7) is 9.64. The molecule has 0 aliphatic carbocycles. The molecule has 8 nitrogen and oxygen atoms in total. The molecule has 1 aliphatic rings. The largest absolute Gasteiger partial charge is 0.309 e. The highest BCUT2D eigenvalue weighted by Crippen LogP contribution is 2.35. The van der Waals surface area contributed by atoms with Crippen molar-refractivity contribution in [2.75, 3.05) is 35.5 Å². The molecule has 1 aromatic heterocycles. The first-order valence-electron chi connectivity index (χ1n) is 11.3. The van der Waals surface area contributed by atoms with Gasteiger partial charge in [-0.15, -0.1) is 0 Å². The predicted octanol–water partition coefficient (Wildman–Crippen LogP) is 3.34. The molecule has 0 saturated carbocycles. The van der Waals surface area contributed by atoms with Crippen molar-refractivity contribution in [3.8, 4) is 0 Å². The molecule has 1 amide bonds. The Morgan fingerprint density at radius 1 is 1.18 bits per heavy atom. The number of likely N-dealkylation sites (N-methyl/N-ethyl adjacent to an activating group) is 1. The number of hydrogen-bond donors (Lipinski definition) is 1. The van der Waals surface area contributed by atoms with E-state index in [0.29, 0.717) is 30.2 Å². The molecule has 3 aromatic rings. The van der Waals surface area contributed by atoms with Crippen LogP contribution in [0.5, 0.6) is 0 Å². The maximum atomic E-state index is 13.1. The summed E-state index contributed by atoms with van der Waals surface area (Å²) < 4.78 is 27.8. The molecule has 4 rings (SSSR count). The number of rotatable bonds is 8. The van der Waals surface area contributed by atoms with Crippen molar-refractivity contribution in [1.29, 1.82) is 0 Å². The highest BCUT2D eigenvalue weighted by Gasteiger charge is 2.32. The topological polar surface area (TPSA) is 87.5 Å². The maximum absolute atomic E-state index is 13.1. The van der Waals surface area contributed by atoms with Gasteiger partial charge in [0.2, 0.25) is 16.0 Å². The molecule has 1 atom stereocenters. The van der Waals surface area contributed by atoms with Gasteiger partial charge in [0.15, 0.2) is 0 Å². The molecule has 0 saturated heterocycles. The predicted molar refractivity (Wildman–Crippen MR) is 132 cm³/mol. The molecule has 0 spiro atoms. The molecule has 1 aliphatic heterocycles. The number of nitrogens with zero attached hydrogens (tertiary/aromatic N) is 4. The molecule has 0 fully saturated rings. The number of imidazole rings is 1. The average Bonchev–Trinajstić information content (AvgIpc) is 3.29. The van der Waals surface area contributed by atoms with Gasteiger partial charge in [-0.3, -0.25) is 14.4 Å². The number of anilines is 2. The van der Waals surface area contributed by atoms with Gasteiger partial charge in [0.1, 0.15) is 0 Å². The fraction of sp³-hybridized carbons (Fsp3) is 0.417. The maximum Gasteiger partial charge on any atom is 0.257 e. The number of nitrogens with one attached hydrogen (secondary N) is 1. The Balaban J connectivity index is 1.61. The van der Waals surface area contributed by atoms with Crippen LogP contribution in [0.1, 0.15) is 36.7 Å². The van der Waals surface area contributed by atoms with E-state index in [-0.39, 0.29) is 11.9 Å². The van der Waals surface area contributed by atoms with E-state index in [1.54, 1.807) is 18.2 Å². The number of para-hydroxylation sites is 2.